The Morgan fingerprint density at radius 2 is 0.588 bits per heavy atom. The second-order valence-corrected chi connectivity index (χ2v) is 17.6. The third kappa shape index (κ3) is 11.0. The fraction of sp³-hybridized carbons (Fsp3) is 0. The van der Waals surface area contributed by atoms with Crippen LogP contribution in [0.3, 0.4) is 0 Å². The molecule has 0 atom stereocenters. The van der Waals surface area contributed by atoms with E-state index in [1.165, 1.54) is 95.8 Å². The molecule has 12 aromatic carbocycles. The van der Waals surface area contributed by atoms with Crippen molar-refractivity contribution in [2.45, 2.75) is 0 Å². The van der Waals surface area contributed by atoms with Gasteiger partial charge in [-0.25, -0.2) is 0 Å². The van der Waals surface area contributed by atoms with Crippen LogP contribution in [0.2, 0.25) is 0 Å². The summed E-state index contributed by atoms with van der Waals surface area (Å²) in [6.45, 7) is 0. The summed E-state index contributed by atoms with van der Waals surface area (Å²) in [6, 6.07) is 85.7. The summed E-state index contributed by atoms with van der Waals surface area (Å²) < 4.78 is 5.06. The smallest absolute Gasteiger partial charge is 0.00268 e. The molecule has 0 aliphatic carbocycles. The number of thiol groups is 1. The predicted molar refractivity (Wildman–Crippen MR) is 304 cm³/mol. The van der Waals surface area contributed by atoms with Crippen LogP contribution in [0, 0.1) is 0 Å². The standard InChI is InChI=1S/C20H13Br.C20H14.C14H9Br.C6H7BO2.BHNS/c21-20-17-12-6-4-10-15(17)19(14-8-2-1-3-9-14)16-11-5-7-13-18(16)20;1-2-8-15(9-3-1)20-18-12-6-4-10-16(18)14-17-11-5-7-13-19(17)20;15-14-12-7-3-1-5-10(12)9-11-6-2-4-8-13(11)14;8-7(9)6-4-2-1-3-5-6;1-2-3/h1-13H;1-14H;1-9H;1-5,8-9H;3H. The minimum Gasteiger partial charge on any atom is -0.0622 e. The second-order valence-electron chi connectivity index (χ2n) is 15.7. The van der Waals surface area contributed by atoms with Gasteiger partial charge in [0.05, 0.1) is 0 Å². The van der Waals surface area contributed by atoms with Gasteiger partial charge in [-0.1, -0.05) is 237 Å². The summed E-state index contributed by atoms with van der Waals surface area (Å²) in [6.07, 6.45) is 0. The Bertz CT molecular complexity index is 3450. The minimum atomic E-state index is -1.34. The number of hydrogen-bond donors (Lipinski definition) is 3. The topological polar surface area (TPSA) is 52.8 Å². The molecular formula is C60H44B2Br2NO2S. The molecule has 0 saturated heterocycles. The largest absolute Gasteiger partial charge is 0.0622 e. The molecular weight excluding hydrogens is 980 g/mol. The van der Waals surface area contributed by atoms with Gasteiger partial charge in [-0.3, -0.25) is 0 Å². The molecule has 8 heteroatoms. The van der Waals surface area contributed by atoms with Crippen molar-refractivity contribution in [3.05, 3.63) is 258 Å². The summed E-state index contributed by atoms with van der Waals surface area (Å²) in [5.74, 6) is 0. The van der Waals surface area contributed by atoms with Crippen LogP contribution in [0.15, 0.2) is 262 Å². The number of hydrogen-bond acceptors (Lipinski definition) is 4. The van der Waals surface area contributed by atoms with E-state index in [0.29, 0.717) is 5.46 Å². The Labute approximate surface area is 420 Å². The molecule has 1 radical (unpaired) electrons. The zero-order chi connectivity index (χ0) is 47.2. The molecule has 327 valence electrons. The Balaban J connectivity index is 0.000000124. The minimum absolute atomic E-state index is 0.525. The van der Waals surface area contributed by atoms with Gasteiger partial charge in [-0.15, -0.1) is 0 Å². The van der Waals surface area contributed by atoms with E-state index in [1.54, 1.807) is 24.3 Å². The van der Waals surface area contributed by atoms with Gasteiger partial charge in [0, 0.05) is 8.95 Å². The monoisotopic (exact) mass is 1020 g/mol. The summed E-state index contributed by atoms with van der Waals surface area (Å²) >= 11 is 10.7. The summed E-state index contributed by atoms with van der Waals surface area (Å²) in [5.41, 5.74) is 5.71. The summed E-state index contributed by atoms with van der Waals surface area (Å²) in [7, 11) is 2.99. The van der Waals surface area contributed by atoms with Crippen LogP contribution >= 0.6 is 44.7 Å². The zero-order valence-electron chi connectivity index (χ0n) is 36.9. The van der Waals surface area contributed by atoms with E-state index >= 15 is 0 Å². The van der Waals surface area contributed by atoms with Gasteiger partial charge in [0.1, 0.15) is 0 Å². The Morgan fingerprint density at radius 3 is 0.941 bits per heavy atom. The van der Waals surface area contributed by atoms with Crippen molar-refractivity contribution in [3.63, 3.8) is 0 Å². The molecule has 0 amide bonds. The van der Waals surface area contributed by atoms with Crippen molar-refractivity contribution in [1.29, 1.82) is 0 Å². The van der Waals surface area contributed by atoms with Crippen molar-refractivity contribution < 1.29 is 10.0 Å². The van der Waals surface area contributed by atoms with E-state index < -0.39 is 7.12 Å². The fourth-order valence-electron chi connectivity index (χ4n) is 8.50. The summed E-state index contributed by atoms with van der Waals surface area (Å²) in [4.78, 5) is 0. The van der Waals surface area contributed by atoms with E-state index in [0.717, 1.165) is 0 Å². The number of nitrogens with zero attached hydrogens (tertiary/aromatic N) is 1. The third-order valence-corrected chi connectivity index (χ3v) is 13.3. The molecule has 0 aliphatic heterocycles. The van der Waals surface area contributed by atoms with Crippen molar-refractivity contribution >= 4 is 130 Å². The maximum Gasteiger partial charge on any atom is -0.00268 e. The molecule has 0 heterocycles. The van der Waals surface area contributed by atoms with Gasteiger partial charge in [-0.05, 0) is 136 Å². The molecule has 2 N–H and O–H groups in total. The van der Waals surface area contributed by atoms with Crippen LogP contribution in [0.1, 0.15) is 0 Å². The van der Waals surface area contributed by atoms with Crippen LogP contribution in [0.4, 0.5) is 0 Å². The van der Waals surface area contributed by atoms with E-state index in [2.05, 4.69) is 275 Å². The molecule has 0 bridgehead atoms. The van der Waals surface area contributed by atoms with E-state index in [1.807, 2.05) is 6.07 Å². The zero-order valence-corrected chi connectivity index (χ0v) is 40.9. The Morgan fingerprint density at radius 1 is 0.338 bits per heavy atom. The quantitative estimate of drug-likeness (QED) is 0.0938. The molecule has 0 aliphatic rings. The van der Waals surface area contributed by atoms with Crippen LogP contribution in [0.25, 0.3) is 86.9 Å². The third-order valence-electron chi connectivity index (χ3n) is 11.6. The van der Waals surface area contributed by atoms with Crippen LogP contribution < -0.4 is 5.46 Å². The second kappa shape index (κ2) is 23.4. The van der Waals surface area contributed by atoms with Crippen LogP contribution in [0.5, 0.6) is 0 Å². The molecule has 12 aromatic rings. The molecule has 68 heavy (non-hydrogen) atoms. The van der Waals surface area contributed by atoms with Gasteiger partial charge in [-0.2, -0.15) is 0 Å². The number of fused-ring (bicyclic) bond motifs is 6. The van der Waals surface area contributed by atoms with E-state index in [9.17, 15) is 0 Å². The molecule has 0 spiro atoms. The van der Waals surface area contributed by atoms with Gasteiger partial charge in [0.2, 0.25) is 0 Å². The van der Waals surface area contributed by atoms with Crippen molar-refractivity contribution in [2.24, 2.45) is 4.30 Å². The fourth-order valence-corrected chi connectivity index (χ4v) is 9.92. The Hall–Kier alpha value is -6.64. The van der Waals surface area contributed by atoms with E-state index in [4.69, 9.17) is 10.0 Å². The number of benzene rings is 12. The number of rotatable bonds is 3. The maximum absolute atomic E-state index is 8.58. The van der Waals surface area contributed by atoms with Crippen LogP contribution in [-0.2, 0) is 0 Å². The van der Waals surface area contributed by atoms with Crippen molar-refractivity contribution in [2.75, 3.05) is 0 Å². The predicted octanol–water partition coefficient (Wildman–Crippen LogP) is 16.4. The first kappa shape index (κ1) is 47.8. The molecule has 0 aromatic heterocycles. The summed E-state index contributed by atoms with van der Waals surface area (Å²) in [5, 5.41) is 32.6. The van der Waals surface area contributed by atoms with Crippen molar-refractivity contribution in [3.8, 4) is 22.3 Å². The van der Waals surface area contributed by atoms with Gasteiger partial charge in [0.25, 0.3) is 0 Å². The van der Waals surface area contributed by atoms with Gasteiger partial charge >= 0.3 is 31.9 Å². The first-order valence-corrected chi connectivity index (χ1v) is 24.0. The van der Waals surface area contributed by atoms with E-state index in [-0.39, 0.29) is 0 Å². The molecule has 0 unspecified atom stereocenters. The molecule has 3 nitrogen and oxygen atoms in total. The van der Waals surface area contributed by atoms with Gasteiger partial charge < -0.3 is 10.0 Å². The molecule has 0 saturated carbocycles. The number of halogens is 2. The molecule has 0 fully saturated rings. The maximum atomic E-state index is 8.58. The normalized spacial score (nSPS) is 10.5. The van der Waals surface area contributed by atoms with Crippen LogP contribution in [-0.4, -0.2) is 24.8 Å². The average Bonchev–Trinajstić information content (AvgIpc) is 3.40. The first-order chi connectivity index (χ1) is 33.4. The SMILES string of the molecule is Brc1c2ccccc2c(-c2ccccc2)c2ccccc12.Brc1c2ccccc2cc2ccccc12.OB(O)c1ccccc1.[B]=NS.c1ccc(-c2c3ccccc3cc3ccccc23)cc1. The molecule has 12 rings (SSSR count). The van der Waals surface area contributed by atoms with Gasteiger partial charge in [0.15, 0.2) is 0 Å². The van der Waals surface area contributed by atoms with Crippen molar-refractivity contribution in [1.82, 2.24) is 0 Å². The first-order valence-electron chi connectivity index (χ1n) is 22.0. The average molecular weight is 1020 g/mol. The Kier molecular flexibility index (Phi) is 16.5.